The highest BCUT2D eigenvalue weighted by molar-refractivity contribution is 7.88. The lowest BCUT2D eigenvalue weighted by molar-refractivity contribution is -0.0500. The van der Waals surface area contributed by atoms with Gasteiger partial charge in [-0.1, -0.05) is 17.6 Å². The quantitative estimate of drug-likeness (QED) is 0.430. The molecule has 0 spiro atoms. The molecule has 146 valence electrons. The summed E-state index contributed by atoms with van der Waals surface area (Å²) in [6, 6.07) is 4.27. The third-order valence-electron chi connectivity index (χ3n) is 4.45. The summed E-state index contributed by atoms with van der Waals surface area (Å²) in [6.45, 7) is -0.438. The van der Waals surface area contributed by atoms with Crippen molar-refractivity contribution in [1.82, 2.24) is 4.81 Å². The van der Waals surface area contributed by atoms with E-state index in [2.05, 4.69) is 4.18 Å². The summed E-state index contributed by atoms with van der Waals surface area (Å²) >= 11 is 0. The minimum absolute atomic E-state index is 0.0802. The van der Waals surface area contributed by atoms with Gasteiger partial charge in [0, 0.05) is 13.2 Å². The number of alkyl halides is 3. The molecule has 0 amide bonds. The first-order valence-corrected chi connectivity index (χ1v) is 9.47. The number of rotatable bonds is 4. The van der Waals surface area contributed by atoms with Crippen molar-refractivity contribution >= 4 is 22.3 Å². The van der Waals surface area contributed by atoms with Crippen LogP contribution in [0.3, 0.4) is 0 Å². The molecule has 26 heavy (non-hydrogen) atoms. The van der Waals surface area contributed by atoms with E-state index in [0.29, 0.717) is 26.3 Å². The molecule has 0 saturated carbocycles. The lowest BCUT2D eigenvalue weighted by Gasteiger charge is -2.57. The minimum atomic E-state index is -5.89. The van der Waals surface area contributed by atoms with Crippen LogP contribution in [0.25, 0.3) is 0 Å². The molecule has 0 aromatic heterocycles. The molecule has 2 aliphatic rings. The summed E-state index contributed by atoms with van der Waals surface area (Å²) in [5.41, 5.74) is -5.49. The number of fused-ring (bicyclic) bond motifs is 1. The van der Waals surface area contributed by atoms with E-state index in [-0.39, 0.29) is 11.2 Å². The molecule has 1 aromatic carbocycles. The average molecular weight is 396 g/mol. The van der Waals surface area contributed by atoms with E-state index in [4.69, 9.17) is 14.0 Å². The van der Waals surface area contributed by atoms with E-state index in [0.717, 1.165) is 12.8 Å². The summed E-state index contributed by atoms with van der Waals surface area (Å²) in [5.74, 6) is -0.726. The van der Waals surface area contributed by atoms with Crippen molar-refractivity contribution in [2.24, 2.45) is 0 Å². The Bertz CT molecular complexity index is 760. The van der Waals surface area contributed by atoms with Gasteiger partial charge in [-0.25, -0.2) is 0 Å². The first-order valence-electron chi connectivity index (χ1n) is 8.06. The highest BCUT2D eigenvalue weighted by atomic mass is 32.2. The Kier molecular flexibility index (Phi) is 5.12. The fourth-order valence-electron chi connectivity index (χ4n) is 3.34. The van der Waals surface area contributed by atoms with Gasteiger partial charge in [0.25, 0.3) is 0 Å². The largest absolute Gasteiger partial charge is 0.551 e. The van der Waals surface area contributed by atoms with Crippen LogP contribution in [0.5, 0.6) is 11.5 Å². The zero-order valence-electron chi connectivity index (χ0n) is 14.0. The fraction of sp³-hybridized carbons (Fsp3) is 0.571. The standard InChI is InChI=1S/C14H18BF3NO6S/c1-22-12-6-2-5-11(13(12)25-26(20,21)14(16,17)18)15-19(7-3-9-23-15)8-4-10-24-15/h2,5-6H,3-4,7-10H2,1H3/q-1. The number of nitrogens with zero attached hydrogens (tertiary/aromatic N) is 1. The number of hydrogen-bond acceptors (Lipinski definition) is 7. The van der Waals surface area contributed by atoms with Crippen molar-refractivity contribution in [1.29, 1.82) is 0 Å². The number of hydrogen-bond donors (Lipinski definition) is 0. The van der Waals surface area contributed by atoms with Crippen molar-refractivity contribution in [3.63, 3.8) is 0 Å². The Hall–Kier alpha value is -1.50. The number of ether oxygens (including phenoxy) is 1. The van der Waals surface area contributed by atoms with Gasteiger partial charge in [0.2, 0.25) is 0 Å². The highest BCUT2D eigenvalue weighted by Gasteiger charge is 2.50. The molecule has 2 aliphatic heterocycles. The molecule has 12 heteroatoms. The Balaban J connectivity index is 2.13. The lowest BCUT2D eigenvalue weighted by atomic mass is 9.59. The zero-order valence-corrected chi connectivity index (χ0v) is 14.8. The summed E-state index contributed by atoms with van der Waals surface area (Å²) in [4.78, 5) is 1.87. The first kappa shape index (κ1) is 19.3. The molecule has 0 radical (unpaired) electrons. The normalized spacial score (nSPS) is 21.1. The second kappa shape index (κ2) is 6.91. The Morgan fingerprint density at radius 1 is 1.15 bits per heavy atom. The van der Waals surface area contributed by atoms with Crippen molar-refractivity contribution in [2.45, 2.75) is 18.3 Å². The van der Waals surface area contributed by atoms with E-state index in [1.54, 1.807) is 0 Å². The van der Waals surface area contributed by atoms with Crippen LogP contribution >= 0.6 is 0 Å². The predicted octanol–water partition coefficient (Wildman–Crippen LogP) is 1.21. The van der Waals surface area contributed by atoms with Crippen LogP contribution in [-0.4, -0.2) is 58.8 Å². The van der Waals surface area contributed by atoms with Crippen LogP contribution in [0.15, 0.2) is 18.2 Å². The monoisotopic (exact) mass is 396 g/mol. The van der Waals surface area contributed by atoms with Gasteiger partial charge in [-0.05, 0) is 32.0 Å². The fourth-order valence-corrected chi connectivity index (χ4v) is 3.83. The Morgan fingerprint density at radius 2 is 1.77 bits per heavy atom. The number of halogens is 3. The molecule has 7 nitrogen and oxygen atoms in total. The number of benzene rings is 1. The van der Waals surface area contributed by atoms with E-state index in [1.807, 2.05) is 4.81 Å². The number of methoxy groups -OCH3 is 1. The van der Waals surface area contributed by atoms with E-state index < -0.39 is 28.1 Å². The molecule has 2 saturated heterocycles. The third kappa shape index (κ3) is 3.26. The first-order chi connectivity index (χ1) is 12.2. The summed E-state index contributed by atoms with van der Waals surface area (Å²) in [5, 5.41) is 0. The summed E-state index contributed by atoms with van der Waals surface area (Å²) in [7, 11) is -4.68. The van der Waals surface area contributed by atoms with Gasteiger partial charge in [0.05, 0.1) is 7.11 Å². The Labute approximate surface area is 149 Å². The summed E-state index contributed by atoms with van der Waals surface area (Å²) < 4.78 is 82.9. The molecule has 2 heterocycles. The topological polar surface area (TPSA) is 74.3 Å². The van der Waals surface area contributed by atoms with Gasteiger partial charge in [0.15, 0.2) is 11.5 Å². The van der Waals surface area contributed by atoms with Gasteiger partial charge in [-0.15, -0.1) is 0 Å². The van der Waals surface area contributed by atoms with Crippen LogP contribution < -0.4 is 14.4 Å². The smallest absolute Gasteiger partial charge is 0.534 e. The molecule has 0 aliphatic carbocycles. The maximum Gasteiger partial charge on any atom is 0.534 e. The molecular weight excluding hydrogens is 378 g/mol. The molecule has 0 atom stereocenters. The van der Waals surface area contributed by atoms with E-state index in [9.17, 15) is 21.6 Å². The second-order valence-corrected chi connectivity index (χ2v) is 7.56. The molecule has 2 fully saturated rings. The predicted molar refractivity (Wildman–Crippen MR) is 86.7 cm³/mol. The molecule has 0 unspecified atom stereocenters. The molecular formula is C14H18BF3NO6S-. The van der Waals surface area contributed by atoms with Gasteiger partial charge in [-0.3, -0.25) is 0 Å². The third-order valence-corrected chi connectivity index (χ3v) is 5.40. The highest BCUT2D eigenvalue weighted by Crippen LogP contribution is 2.35. The van der Waals surface area contributed by atoms with Crippen molar-refractivity contribution in [3.8, 4) is 11.5 Å². The molecule has 0 N–H and O–H groups in total. The zero-order chi connectivity index (χ0) is 19.0. The number of para-hydroxylation sites is 1. The summed E-state index contributed by atoms with van der Waals surface area (Å²) in [6.07, 6.45) is 1.46. The van der Waals surface area contributed by atoms with Gasteiger partial charge in [-0.2, -0.15) is 21.6 Å². The van der Waals surface area contributed by atoms with Crippen molar-refractivity contribution < 1.29 is 39.8 Å². The van der Waals surface area contributed by atoms with Crippen LogP contribution in [0.2, 0.25) is 0 Å². The van der Waals surface area contributed by atoms with Crippen LogP contribution in [0.1, 0.15) is 12.8 Å². The van der Waals surface area contributed by atoms with Crippen molar-refractivity contribution in [3.05, 3.63) is 18.2 Å². The van der Waals surface area contributed by atoms with E-state index >= 15 is 0 Å². The molecule has 0 bridgehead atoms. The van der Waals surface area contributed by atoms with Crippen LogP contribution in [0, 0.1) is 0 Å². The second-order valence-electron chi connectivity index (χ2n) is 6.02. The van der Waals surface area contributed by atoms with Crippen molar-refractivity contribution in [2.75, 3.05) is 33.4 Å². The molecule has 3 rings (SSSR count). The Morgan fingerprint density at radius 3 is 2.31 bits per heavy atom. The van der Waals surface area contributed by atoms with Gasteiger partial charge >= 0.3 is 22.3 Å². The van der Waals surface area contributed by atoms with Crippen LogP contribution in [-0.2, 0) is 19.4 Å². The molecule has 1 aromatic rings. The minimum Gasteiger partial charge on any atom is -0.551 e. The SMILES string of the molecule is COc1cccc([B-]23OCCCN2CCCO3)c1OS(=O)(=O)C(F)(F)F. The average Bonchev–Trinajstić information content (AvgIpc) is 2.60. The maximum atomic E-state index is 12.8. The van der Waals surface area contributed by atoms with Gasteiger partial charge < -0.3 is 23.0 Å². The van der Waals surface area contributed by atoms with E-state index in [1.165, 1.54) is 25.3 Å². The maximum absolute atomic E-state index is 12.8. The lowest BCUT2D eigenvalue weighted by Crippen LogP contribution is -2.71. The van der Waals surface area contributed by atoms with Crippen LogP contribution in [0.4, 0.5) is 13.2 Å². The van der Waals surface area contributed by atoms with Gasteiger partial charge in [0.1, 0.15) is 0 Å².